The van der Waals surface area contributed by atoms with Gasteiger partial charge in [0.1, 0.15) is 17.6 Å². The minimum absolute atomic E-state index is 0.103. The highest BCUT2D eigenvalue weighted by molar-refractivity contribution is 6.04. The van der Waals surface area contributed by atoms with E-state index >= 15 is 0 Å². The number of anilines is 1. The first-order valence-electron chi connectivity index (χ1n) is 12.7. The maximum absolute atomic E-state index is 14.1. The van der Waals surface area contributed by atoms with E-state index in [0.29, 0.717) is 24.9 Å². The number of aliphatic hydroxyl groups is 1. The number of nitrogens with zero attached hydrogens (tertiary/aromatic N) is 1. The van der Waals surface area contributed by atoms with Crippen molar-refractivity contribution in [1.29, 1.82) is 0 Å². The lowest BCUT2D eigenvalue weighted by Crippen LogP contribution is -2.57. The Kier molecular flexibility index (Phi) is 6.74. The third kappa shape index (κ3) is 3.76. The lowest BCUT2D eigenvalue weighted by Gasteiger charge is -2.38. The van der Waals surface area contributed by atoms with Crippen LogP contribution in [-0.2, 0) is 23.9 Å². The van der Waals surface area contributed by atoms with Gasteiger partial charge in [-0.25, -0.2) is 0 Å². The van der Waals surface area contributed by atoms with Gasteiger partial charge in [0.25, 0.3) is 0 Å². The SMILES string of the molecule is CCOC(=O)[C@H]1[C@H]2C(=O)N([C@@H](CO)C(C)C)C(C(=O)Nc3cc(C)ccc3C)C23CC[C@]1(CC)O3. The van der Waals surface area contributed by atoms with Crippen LogP contribution < -0.4 is 5.32 Å². The summed E-state index contributed by atoms with van der Waals surface area (Å²) in [4.78, 5) is 42.8. The molecule has 2 amide bonds. The highest BCUT2D eigenvalue weighted by Crippen LogP contribution is 2.64. The van der Waals surface area contributed by atoms with E-state index in [9.17, 15) is 19.5 Å². The third-order valence-electron chi connectivity index (χ3n) is 8.37. The minimum atomic E-state index is -1.14. The van der Waals surface area contributed by atoms with Crippen LogP contribution in [0.4, 0.5) is 5.69 Å². The largest absolute Gasteiger partial charge is 0.466 e. The zero-order chi connectivity index (χ0) is 25.7. The second-order valence-corrected chi connectivity index (χ2v) is 10.6. The van der Waals surface area contributed by atoms with Crippen molar-refractivity contribution in [3.8, 4) is 0 Å². The van der Waals surface area contributed by atoms with Gasteiger partial charge in [0.15, 0.2) is 0 Å². The quantitative estimate of drug-likeness (QED) is 0.548. The number of esters is 1. The summed E-state index contributed by atoms with van der Waals surface area (Å²) in [6, 6.07) is 4.27. The molecule has 3 aliphatic heterocycles. The summed E-state index contributed by atoms with van der Waals surface area (Å²) in [7, 11) is 0. The van der Waals surface area contributed by atoms with E-state index in [4.69, 9.17) is 9.47 Å². The van der Waals surface area contributed by atoms with E-state index in [1.165, 1.54) is 4.90 Å². The number of carbonyl (C=O) groups excluding carboxylic acids is 3. The van der Waals surface area contributed by atoms with Crippen molar-refractivity contribution < 1.29 is 29.0 Å². The predicted octanol–water partition coefficient (Wildman–Crippen LogP) is 2.98. The Bertz CT molecular complexity index is 1020. The van der Waals surface area contributed by atoms with Crippen molar-refractivity contribution in [2.75, 3.05) is 18.5 Å². The van der Waals surface area contributed by atoms with Gasteiger partial charge in [0.05, 0.1) is 30.8 Å². The number of benzene rings is 1. The van der Waals surface area contributed by atoms with Crippen LogP contribution in [0.1, 0.15) is 58.1 Å². The predicted molar refractivity (Wildman–Crippen MR) is 131 cm³/mol. The van der Waals surface area contributed by atoms with Crippen molar-refractivity contribution in [2.45, 2.75) is 84.1 Å². The fraction of sp³-hybridized carbons (Fsp3) is 0.667. The van der Waals surface area contributed by atoms with Gasteiger partial charge in [0.2, 0.25) is 11.8 Å². The van der Waals surface area contributed by atoms with E-state index in [-0.39, 0.29) is 30.9 Å². The average molecular weight is 487 g/mol. The molecule has 8 nitrogen and oxygen atoms in total. The summed E-state index contributed by atoms with van der Waals surface area (Å²) in [5, 5.41) is 13.3. The number of amides is 2. The number of nitrogens with one attached hydrogen (secondary N) is 1. The first-order valence-corrected chi connectivity index (χ1v) is 12.7. The molecular formula is C27H38N2O6. The van der Waals surface area contributed by atoms with Gasteiger partial charge in [-0.1, -0.05) is 32.9 Å². The number of ether oxygens (including phenoxy) is 2. The van der Waals surface area contributed by atoms with Crippen LogP contribution >= 0.6 is 0 Å². The number of rotatable bonds is 8. The van der Waals surface area contributed by atoms with E-state index in [1.54, 1.807) is 6.92 Å². The molecule has 1 aromatic carbocycles. The second kappa shape index (κ2) is 9.21. The number of likely N-dealkylation sites (tertiary alicyclic amines) is 1. The first kappa shape index (κ1) is 25.6. The van der Waals surface area contributed by atoms with Crippen molar-refractivity contribution >= 4 is 23.5 Å². The van der Waals surface area contributed by atoms with E-state index in [0.717, 1.165) is 11.1 Å². The van der Waals surface area contributed by atoms with Gasteiger partial charge < -0.3 is 24.8 Å². The van der Waals surface area contributed by atoms with Crippen LogP contribution in [0.15, 0.2) is 18.2 Å². The Balaban J connectivity index is 1.82. The molecule has 1 spiro atoms. The van der Waals surface area contributed by atoms with E-state index in [1.807, 2.05) is 52.8 Å². The van der Waals surface area contributed by atoms with Crippen molar-refractivity contribution in [3.63, 3.8) is 0 Å². The van der Waals surface area contributed by atoms with Crippen molar-refractivity contribution in [1.82, 2.24) is 4.90 Å². The van der Waals surface area contributed by atoms with Gasteiger partial charge in [-0.3, -0.25) is 14.4 Å². The maximum Gasteiger partial charge on any atom is 0.312 e. The molecule has 35 heavy (non-hydrogen) atoms. The lowest BCUT2D eigenvalue weighted by molar-refractivity contribution is -0.161. The summed E-state index contributed by atoms with van der Waals surface area (Å²) in [6.07, 6.45) is 1.61. The summed E-state index contributed by atoms with van der Waals surface area (Å²) < 4.78 is 12.1. The van der Waals surface area contributed by atoms with Crippen molar-refractivity contribution in [3.05, 3.63) is 29.3 Å². The Hall–Kier alpha value is -2.45. The molecule has 2 N–H and O–H groups in total. The molecule has 0 saturated carbocycles. The zero-order valence-corrected chi connectivity index (χ0v) is 21.6. The molecule has 3 fully saturated rings. The Morgan fingerprint density at radius 1 is 1.26 bits per heavy atom. The fourth-order valence-electron chi connectivity index (χ4n) is 6.60. The van der Waals surface area contributed by atoms with Gasteiger partial charge >= 0.3 is 5.97 Å². The van der Waals surface area contributed by atoms with Crippen LogP contribution in [0.3, 0.4) is 0 Å². The average Bonchev–Trinajstić information content (AvgIpc) is 3.41. The maximum atomic E-state index is 14.1. The third-order valence-corrected chi connectivity index (χ3v) is 8.37. The van der Waals surface area contributed by atoms with Crippen LogP contribution in [0.5, 0.6) is 0 Å². The highest BCUT2D eigenvalue weighted by atomic mass is 16.6. The van der Waals surface area contributed by atoms with E-state index in [2.05, 4.69) is 5.32 Å². The van der Waals surface area contributed by atoms with Gasteiger partial charge in [-0.2, -0.15) is 0 Å². The molecular weight excluding hydrogens is 448 g/mol. The topological polar surface area (TPSA) is 105 Å². The van der Waals surface area contributed by atoms with Crippen molar-refractivity contribution in [2.24, 2.45) is 17.8 Å². The van der Waals surface area contributed by atoms with E-state index < -0.39 is 41.1 Å². The first-order chi connectivity index (χ1) is 16.6. The van der Waals surface area contributed by atoms with Gasteiger partial charge in [-0.05, 0) is 63.1 Å². The summed E-state index contributed by atoms with van der Waals surface area (Å²) in [5.41, 5.74) is 0.606. The molecule has 3 heterocycles. The Morgan fingerprint density at radius 2 is 1.97 bits per heavy atom. The molecule has 3 aliphatic rings. The smallest absolute Gasteiger partial charge is 0.312 e. The molecule has 1 aromatic rings. The standard InChI is InChI=1S/C27H38N2O6/c1-7-26-11-12-27(35-26)20(21(26)25(33)34-8-2)24(32)29(19(14-30)15(3)4)22(27)23(31)28-18-13-16(5)9-10-17(18)6/h9-10,13,15,19-22,30H,7-8,11-12,14H2,1-6H3,(H,28,31)/t19-,20-,21+,22?,26-,27?/m0/s1. The van der Waals surface area contributed by atoms with Crippen LogP contribution in [0, 0.1) is 31.6 Å². The van der Waals surface area contributed by atoms with Crippen LogP contribution in [0.2, 0.25) is 0 Å². The van der Waals surface area contributed by atoms with Crippen LogP contribution in [-0.4, -0.2) is 64.3 Å². The van der Waals surface area contributed by atoms with Gasteiger partial charge in [0, 0.05) is 5.69 Å². The second-order valence-electron chi connectivity index (χ2n) is 10.6. The molecule has 192 valence electrons. The van der Waals surface area contributed by atoms with Crippen LogP contribution in [0.25, 0.3) is 0 Å². The molecule has 3 saturated heterocycles. The molecule has 2 bridgehead atoms. The summed E-state index contributed by atoms with van der Waals surface area (Å²) in [6.45, 7) is 11.3. The highest BCUT2D eigenvalue weighted by Gasteiger charge is 2.79. The normalized spacial score (nSPS) is 32.2. The van der Waals surface area contributed by atoms with Gasteiger partial charge in [-0.15, -0.1) is 0 Å². The number of fused-ring (bicyclic) bond motifs is 1. The molecule has 8 heteroatoms. The lowest BCUT2D eigenvalue weighted by atomic mass is 9.65. The minimum Gasteiger partial charge on any atom is -0.466 e. The Morgan fingerprint density at radius 3 is 2.57 bits per heavy atom. The number of carbonyl (C=O) groups is 3. The number of hydrogen-bond donors (Lipinski definition) is 2. The Labute approximate surface area is 207 Å². The number of hydrogen-bond acceptors (Lipinski definition) is 6. The molecule has 0 aromatic heterocycles. The summed E-state index contributed by atoms with van der Waals surface area (Å²) >= 11 is 0. The monoisotopic (exact) mass is 486 g/mol. The molecule has 6 atom stereocenters. The molecule has 0 radical (unpaired) electrons. The molecule has 0 aliphatic carbocycles. The fourth-order valence-corrected chi connectivity index (χ4v) is 6.60. The molecule has 2 unspecified atom stereocenters. The number of aliphatic hydroxyl groups excluding tert-OH is 1. The molecule has 4 rings (SSSR count). The zero-order valence-electron chi connectivity index (χ0n) is 21.6. The summed E-state index contributed by atoms with van der Waals surface area (Å²) in [5.74, 6) is -2.82. The number of aryl methyl sites for hydroxylation is 2.